The van der Waals surface area contributed by atoms with Crippen molar-refractivity contribution in [2.75, 3.05) is 0 Å². The molecule has 1 aromatic rings. The third kappa shape index (κ3) is 3.91. The van der Waals surface area contributed by atoms with Crippen molar-refractivity contribution < 1.29 is 14.7 Å². The summed E-state index contributed by atoms with van der Waals surface area (Å²) in [5.74, 6) is -1.57. The molecule has 0 aliphatic carbocycles. The van der Waals surface area contributed by atoms with Crippen LogP contribution in [0.1, 0.15) is 12.0 Å². The lowest BCUT2D eigenvalue weighted by Gasteiger charge is -2.08. The van der Waals surface area contributed by atoms with Crippen LogP contribution in [0, 0.1) is 0 Å². The van der Waals surface area contributed by atoms with Crippen molar-refractivity contribution in [3.05, 3.63) is 35.9 Å². The van der Waals surface area contributed by atoms with Crippen molar-refractivity contribution in [2.45, 2.75) is 18.9 Å². The molecule has 15 heavy (non-hydrogen) atoms. The monoisotopic (exact) mass is 207 g/mol. The number of carboxylic acids is 1. The molecule has 0 heterocycles. The number of Topliss-reactive ketones (excluding diaryl/α,β-unsaturated/α-hetero) is 1. The Labute approximate surface area is 87.7 Å². The number of aliphatic carboxylic acids is 1. The van der Waals surface area contributed by atoms with E-state index in [2.05, 4.69) is 0 Å². The molecule has 1 atom stereocenters. The van der Waals surface area contributed by atoms with E-state index in [1.54, 1.807) is 0 Å². The van der Waals surface area contributed by atoms with Gasteiger partial charge >= 0.3 is 5.97 Å². The summed E-state index contributed by atoms with van der Waals surface area (Å²) in [4.78, 5) is 21.5. The van der Waals surface area contributed by atoms with Gasteiger partial charge in [0.15, 0.2) is 5.78 Å². The molecule has 0 saturated carbocycles. The summed E-state index contributed by atoms with van der Waals surface area (Å²) >= 11 is 0. The van der Waals surface area contributed by atoms with Crippen LogP contribution in [0.15, 0.2) is 30.3 Å². The molecule has 1 aromatic carbocycles. The summed E-state index contributed by atoms with van der Waals surface area (Å²) in [6, 6.07) is 8.55. The Balaban J connectivity index is 2.52. The van der Waals surface area contributed by atoms with E-state index < -0.39 is 24.2 Å². The van der Waals surface area contributed by atoms with E-state index in [1.165, 1.54) is 0 Å². The average Bonchev–Trinajstić information content (AvgIpc) is 2.18. The summed E-state index contributed by atoms with van der Waals surface area (Å²) in [7, 11) is 0. The second kappa shape index (κ2) is 5.26. The Morgan fingerprint density at radius 3 is 2.40 bits per heavy atom. The fourth-order valence-electron chi connectivity index (χ4n) is 1.26. The van der Waals surface area contributed by atoms with Gasteiger partial charge in [-0.15, -0.1) is 0 Å². The molecule has 4 heteroatoms. The number of carbonyl (C=O) groups is 2. The summed E-state index contributed by atoms with van der Waals surface area (Å²) in [6.07, 6.45) is -0.124. The van der Waals surface area contributed by atoms with Gasteiger partial charge in [-0.2, -0.15) is 0 Å². The van der Waals surface area contributed by atoms with Gasteiger partial charge in [0.1, 0.15) is 6.42 Å². The number of nitrogens with two attached hydrogens (primary N) is 1. The summed E-state index contributed by atoms with van der Waals surface area (Å²) in [6.45, 7) is 0. The molecule has 0 spiro atoms. The van der Waals surface area contributed by atoms with Crippen molar-refractivity contribution in [3.8, 4) is 0 Å². The first-order valence-corrected chi connectivity index (χ1v) is 4.63. The number of benzene rings is 1. The number of carboxylic acid groups (broad SMARTS) is 1. The highest BCUT2D eigenvalue weighted by Gasteiger charge is 2.16. The molecule has 1 rings (SSSR count). The van der Waals surface area contributed by atoms with Gasteiger partial charge in [-0.25, -0.2) is 0 Å². The van der Waals surface area contributed by atoms with Crippen LogP contribution in [0.3, 0.4) is 0 Å². The van der Waals surface area contributed by atoms with Gasteiger partial charge in [0.05, 0.1) is 6.04 Å². The van der Waals surface area contributed by atoms with Gasteiger partial charge in [0, 0.05) is 0 Å². The summed E-state index contributed by atoms with van der Waals surface area (Å²) in [5.41, 5.74) is 6.52. The fraction of sp³-hybridized carbons (Fsp3) is 0.273. The zero-order chi connectivity index (χ0) is 11.3. The van der Waals surface area contributed by atoms with Crippen LogP contribution in [-0.2, 0) is 16.0 Å². The molecule has 4 nitrogen and oxygen atoms in total. The van der Waals surface area contributed by atoms with E-state index in [-0.39, 0.29) is 0 Å². The highest BCUT2D eigenvalue weighted by atomic mass is 16.4. The SMILES string of the molecule is N[C@@H](Cc1ccccc1)C(=O)CC(=O)O. The van der Waals surface area contributed by atoms with Crippen molar-refractivity contribution >= 4 is 11.8 Å². The average molecular weight is 207 g/mol. The third-order valence-corrected chi connectivity index (χ3v) is 2.04. The molecule has 0 aliphatic rings. The molecule has 80 valence electrons. The Hall–Kier alpha value is -1.68. The highest BCUT2D eigenvalue weighted by Crippen LogP contribution is 2.03. The van der Waals surface area contributed by atoms with E-state index >= 15 is 0 Å². The molecular weight excluding hydrogens is 194 g/mol. The van der Waals surface area contributed by atoms with Crippen LogP contribution in [0.4, 0.5) is 0 Å². The van der Waals surface area contributed by atoms with Crippen LogP contribution < -0.4 is 5.73 Å². The second-order valence-corrected chi connectivity index (χ2v) is 3.33. The van der Waals surface area contributed by atoms with Gasteiger partial charge in [-0.05, 0) is 12.0 Å². The third-order valence-electron chi connectivity index (χ3n) is 2.04. The lowest BCUT2D eigenvalue weighted by molar-refractivity contribution is -0.140. The number of hydrogen-bond donors (Lipinski definition) is 2. The first kappa shape index (κ1) is 11.4. The molecule has 0 fully saturated rings. The maximum Gasteiger partial charge on any atom is 0.310 e. The van der Waals surface area contributed by atoms with Gasteiger partial charge in [0.25, 0.3) is 0 Å². The Bertz CT molecular complexity index is 348. The van der Waals surface area contributed by atoms with E-state index in [1.807, 2.05) is 30.3 Å². The first-order chi connectivity index (χ1) is 7.09. The van der Waals surface area contributed by atoms with Gasteiger partial charge in [0.2, 0.25) is 0 Å². The van der Waals surface area contributed by atoms with E-state index in [4.69, 9.17) is 10.8 Å². The number of ketones is 1. The van der Waals surface area contributed by atoms with Crippen molar-refractivity contribution in [1.29, 1.82) is 0 Å². The quantitative estimate of drug-likeness (QED) is 0.693. The number of carbonyl (C=O) groups excluding carboxylic acids is 1. The predicted molar refractivity (Wildman–Crippen MR) is 55.4 cm³/mol. The predicted octanol–water partition coefficient (Wildman–Crippen LogP) is 0.600. The fourth-order valence-corrected chi connectivity index (χ4v) is 1.26. The largest absolute Gasteiger partial charge is 0.481 e. The van der Waals surface area contributed by atoms with Crippen LogP contribution >= 0.6 is 0 Å². The van der Waals surface area contributed by atoms with E-state index in [0.29, 0.717) is 6.42 Å². The van der Waals surface area contributed by atoms with Crippen LogP contribution in [0.2, 0.25) is 0 Å². The van der Waals surface area contributed by atoms with Crippen LogP contribution in [0.5, 0.6) is 0 Å². The second-order valence-electron chi connectivity index (χ2n) is 3.33. The Morgan fingerprint density at radius 1 is 1.27 bits per heavy atom. The van der Waals surface area contributed by atoms with E-state index in [0.717, 1.165) is 5.56 Å². The van der Waals surface area contributed by atoms with Gasteiger partial charge in [-0.1, -0.05) is 30.3 Å². The molecule has 0 bridgehead atoms. The molecule has 0 unspecified atom stereocenters. The highest BCUT2D eigenvalue weighted by molar-refractivity contribution is 5.97. The minimum atomic E-state index is -1.14. The Morgan fingerprint density at radius 2 is 1.87 bits per heavy atom. The zero-order valence-electron chi connectivity index (χ0n) is 8.22. The standard InChI is InChI=1S/C11H13NO3/c12-9(10(13)7-11(14)15)6-8-4-2-1-3-5-8/h1-5,9H,6-7,12H2,(H,14,15)/t9-/m0/s1. The van der Waals surface area contributed by atoms with Crippen LogP contribution in [0.25, 0.3) is 0 Å². The lowest BCUT2D eigenvalue weighted by Crippen LogP contribution is -2.33. The molecular formula is C11H13NO3. The summed E-state index contributed by atoms with van der Waals surface area (Å²) < 4.78 is 0. The molecule has 0 saturated heterocycles. The van der Waals surface area contributed by atoms with Crippen LogP contribution in [-0.4, -0.2) is 22.9 Å². The van der Waals surface area contributed by atoms with Gasteiger partial charge < -0.3 is 10.8 Å². The minimum absolute atomic E-state index is 0.382. The zero-order valence-corrected chi connectivity index (χ0v) is 8.22. The molecule has 0 aromatic heterocycles. The van der Waals surface area contributed by atoms with Crippen molar-refractivity contribution in [1.82, 2.24) is 0 Å². The summed E-state index contributed by atoms with van der Waals surface area (Å²) in [5, 5.41) is 8.42. The van der Waals surface area contributed by atoms with Crippen molar-refractivity contribution in [3.63, 3.8) is 0 Å². The van der Waals surface area contributed by atoms with E-state index in [9.17, 15) is 9.59 Å². The molecule has 0 amide bonds. The van der Waals surface area contributed by atoms with Gasteiger partial charge in [-0.3, -0.25) is 9.59 Å². The topological polar surface area (TPSA) is 80.4 Å². The first-order valence-electron chi connectivity index (χ1n) is 4.63. The maximum atomic E-state index is 11.3. The normalized spacial score (nSPS) is 12.1. The minimum Gasteiger partial charge on any atom is -0.481 e. The molecule has 0 radical (unpaired) electrons. The lowest BCUT2D eigenvalue weighted by atomic mass is 10.0. The smallest absolute Gasteiger partial charge is 0.310 e. The maximum absolute atomic E-state index is 11.3. The molecule has 0 aliphatic heterocycles. The number of rotatable bonds is 5. The number of hydrogen-bond acceptors (Lipinski definition) is 3. The Kier molecular flexibility index (Phi) is 4.00. The van der Waals surface area contributed by atoms with Crippen molar-refractivity contribution in [2.24, 2.45) is 5.73 Å². The molecule has 3 N–H and O–H groups in total.